The number of anilines is 1. The maximum Gasteiger partial charge on any atom is 0.224 e. The number of carbonyl (C=O) groups is 1. The van der Waals surface area contributed by atoms with Crippen molar-refractivity contribution in [2.24, 2.45) is 5.92 Å². The zero-order valence-electron chi connectivity index (χ0n) is 9.57. The molecule has 1 atom stereocenters. The van der Waals surface area contributed by atoms with E-state index in [4.69, 9.17) is 5.26 Å². The first-order valence-corrected chi connectivity index (χ1v) is 5.79. The van der Waals surface area contributed by atoms with Gasteiger partial charge in [0, 0.05) is 6.42 Å². The summed E-state index contributed by atoms with van der Waals surface area (Å²) >= 11 is 0. The van der Waals surface area contributed by atoms with Crippen molar-refractivity contribution in [1.29, 1.82) is 5.26 Å². The van der Waals surface area contributed by atoms with Crippen molar-refractivity contribution in [3.63, 3.8) is 0 Å². The van der Waals surface area contributed by atoms with Crippen LogP contribution in [0.3, 0.4) is 0 Å². The molecule has 1 heterocycles. The zero-order valence-corrected chi connectivity index (χ0v) is 9.57. The molecule has 1 amide bonds. The lowest BCUT2D eigenvalue weighted by atomic mass is 10.0. The van der Waals surface area contributed by atoms with E-state index in [0.29, 0.717) is 23.6 Å². The SMILES string of the molecule is N#Cc1ccccc1NC(=O)CC1CCNC1. The molecule has 17 heavy (non-hydrogen) atoms. The van der Waals surface area contributed by atoms with Crippen LogP contribution in [-0.4, -0.2) is 19.0 Å². The van der Waals surface area contributed by atoms with Gasteiger partial charge in [-0.2, -0.15) is 5.26 Å². The first kappa shape index (κ1) is 11.6. The molecule has 0 aromatic heterocycles. The minimum absolute atomic E-state index is 0.0126. The van der Waals surface area contributed by atoms with E-state index >= 15 is 0 Å². The zero-order chi connectivity index (χ0) is 12.1. The van der Waals surface area contributed by atoms with E-state index in [9.17, 15) is 4.79 Å². The Bertz CT molecular complexity index is 444. The van der Waals surface area contributed by atoms with Gasteiger partial charge in [-0.15, -0.1) is 0 Å². The molecule has 1 unspecified atom stereocenters. The van der Waals surface area contributed by atoms with Gasteiger partial charge in [0.05, 0.1) is 11.3 Å². The summed E-state index contributed by atoms with van der Waals surface area (Å²) in [6.45, 7) is 1.90. The number of nitrogens with zero attached hydrogens (tertiary/aromatic N) is 1. The molecule has 0 saturated carbocycles. The number of carbonyl (C=O) groups excluding carboxylic acids is 1. The molecule has 1 aromatic carbocycles. The van der Waals surface area contributed by atoms with Gasteiger partial charge in [0.25, 0.3) is 0 Å². The molecule has 1 saturated heterocycles. The lowest BCUT2D eigenvalue weighted by molar-refractivity contribution is -0.116. The van der Waals surface area contributed by atoms with E-state index in [1.165, 1.54) is 0 Å². The van der Waals surface area contributed by atoms with Crippen LogP contribution >= 0.6 is 0 Å². The topological polar surface area (TPSA) is 64.9 Å². The summed E-state index contributed by atoms with van der Waals surface area (Å²) in [6.07, 6.45) is 1.57. The Morgan fingerprint density at radius 2 is 2.35 bits per heavy atom. The lowest BCUT2D eigenvalue weighted by Crippen LogP contribution is -2.18. The average Bonchev–Trinajstić information content (AvgIpc) is 2.82. The van der Waals surface area contributed by atoms with Crippen LogP contribution in [0.4, 0.5) is 5.69 Å². The Labute approximate surface area is 101 Å². The molecule has 88 valence electrons. The van der Waals surface area contributed by atoms with Crippen molar-refractivity contribution >= 4 is 11.6 Å². The Hall–Kier alpha value is -1.86. The van der Waals surface area contributed by atoms with Gasteiger partial charge in [-0.05, 0) is 37.6 Å². The van der Waals surface area contributed by atoms with Crippen LogP contribution in [0.1, 0.15) is 18.4 Å². The summed E-state index contributed by atoms with van der Waals surface area (Å²) in [5.74, 6) is 0.408. The maximum absolute atomic E-state index is 11.8. The fourth-order valence-electron chi connectivity index (χ4n) is 2.04. The van der Waals surface area contributed by atoms with Gasteiger partial charge in [-0.1, -0.05) is 12.1 Å². The molecule has 0 spiro atoms. The van der Waals surface area contributed by atoms with Crippen molar-refractivity contribution in [3.05, 3.63) is 29.8 Å². The summed E-state index contributed by atoms with van der Waals surface area (Å²) in [5.41, 5.74) is 1.11. The Morgan fingerprint density at radius 3 is 3.06 bits per heavy atom. The van der Waals surface area contributed by atoms with Crippen LogP contribution in [0.15, 0.2) is 24.3 Å². The highest BCUT2D eigenvalue weighted by Gasteiger charge is 2.18. The highest BCUT2D eigenvalue weighted by atomic mass is 16.1. The van der Waals surface area contributed by atoms with Crippen LogP contribution in [0.5, 0.6) is 0 Å². The summed E-state index contributed by atoms with van der Waals surface area (Å²) in [6, 6.07) is 9.12. The maximum atomic E-state index is 11.8. The molecule has 4 nitrogen and oxygen atoms in total. The van der Waals surface area contributed by atoms with Gasteiger partial charge in [0.2, 0.25) is 5.91 Å². The van der Waals surface area contributed by atoms with E-state index in [1.807, 2.05) is 6.07 Å². The molecule has 0 radical (unpaired) electrons. The molecule has 0 aliphatic carbocycles. The summed E-state index contributed by atoms with van der Waals surface area (Å²) in [4.78, 5) is 11.8. The second kappa shape index (κ2) is 5.46. The van der Waals surface area contributed by atoms with Gasteiger partial charge in [0.1, 0.15) is 6.07 Å². The molecule has 1 aromatic rings. The van der Waals surface area contributed by atoms with Gasteiger partial charge in [-0.25, -0.2) is 0 Å². The fraction of sp³-hybridized carbons (Fsp3) is 0.385. The summed E-state index contributed by atoms with van der Waals surface area (Å²) in [7, 11) is 0. The Morgan fingerprint density at radius 1 is 1.53 bits per heavy atom. The predicted octanol–water partition coefficient (Wildman–Crippen LogP) is 1.50. The highest BCUT2D eigenvalue weighted by Crippen LogP contribution is 2.16. The predicted molar refractivity (Wildman–Crippen MR) is 65.4 cm³/mol. The number of hydrogen-bond donors (Lipinski definition) is 2. The van der Waals surface area contributed by atoms with E-state index in [1.54, 1.807) is 18.2 Å². The first-order chi connectivity index (χ1) is 8.29. The summed E-state index contributed by atoms with van der Waals surface area (Å²) in [5, 5.41) is 14.9. The first-order valence-electron chi connectivity index (χ1n) is 5.79. The third-order valence-electron chi connectivity index (χ3n) is 2.96. The number of benzene rings is 1. The quantitative estimate of drug-likeness (QED) is 0.825. The number of rotatable bonds is 3. The van der Waals surface area contributed by atoms with Crippen LogP contribution < -0.4 is 10.6 Å². The largest absolute Gasteiger partial charge is 0.325 e. The number of nitrogens with one attached hydrogen (secondary N) is 2. The van der Waals surface area contributed by atoms with Crippen LogP contribution in [0.2, 0.25) is 0 Å². The minimum Gasteiger partial charge on any atom is -0.325 e. The lowest BCUT2D eigenvalue weighted by Gasteiger charge is -2.09. The highest BCUT2D eigenvalue weighted by molar-refractivity contribution is 5.92. The number of amides is 1. The molecular weight excluding hydrogens is 214 g/mol. The average molecular weight is 229 g/mol. The summed E-state index contributed by atoms with van der Waals surface area (Å²) < 4.78 is 0. The van der Waals surface area contributed by atoms with Crippen LogP contribution in [0.25, 0.3) is 0 Å². The van der Waals surface area contributed by atoms with Gasteiger partial charge in [-0.3, -0.25) is 4.79 Å². The molecule has 0 bridgehead atoms. The van der Waals surface area contributed by atoms with Crippen molar-refractivity contribution in [1.82, 2.24) is 5.32 Å². The third-order valence-corrected chi connectivity index (χ3v) is 2.96. The van der Waals surface area contributed by atoms with E-state index < -0.39 is 0 Å². The number of nitriles is 1. The smallest absolute Gasteiger partial charge is 0.224 e. The molecule has 2 N–H and O–H groups in total. The second-order valence-electron chi connectivity index (χ2n) is 4.27. The fourth-order valence-corrected chi connectivity index (χ4v) is 2.04. The van der Waals surface area contributed by atoms with Gasteiger partial charge in [0.15, 0.2) is 0 Å². The monoisotopic (exact) mass is 229 g/mol. The van der Waals surface area contributed by atoms with Gasteiger partial charge >= 0.3 is 0 Å². The normalized spacial score (nSPS) is 18.6. The number of hydrogen-bond acceptors (Lipinski definition) is 3. The standard InChI is InChI=1S/C13H15N3O/c14-8-11-3-1-2-4-12(11)16-13(17)7-10-5-6-15-9-10/h1-4,10,15H,5-7,9H2,(H,16,17). The van der Waals surface area contributed by atoms with Crippen molar-refractivity contribution in [2.75, 3.05) is 18.4 Å². The Balaban J connectivity index is 1.95. The molecule has 1 fully saturated rings. The van der Waals surface area contributed by atoms with Gasteiger partial charge < -0.3 is 10.6 Å². The van der Waals surface area contributed by atoms with Crippen molar-refractivity contribution < 1.29 is 4.79 Å². The third kappa shape index (κ3) is 3.05. The molecule has 1 aliphatic heterocycles. The molecule has 2 rings (SSSR count). The molecule has 4 heteroatoms. The second-order valence-corrected chi connectivity index (χ2v) is 4.27. The molecular formula is C13H15N3O. The van der Waals surface area contributed by atoms with Crippen molar-refractivity contribution in [3.8, 4) is 6.07 Å². The Kier molecular flexibility index (Phi) is 3.73. The van der Waals surface area contributed by atoms with E-state index in [2.05, 4.69) is 16.7 Å². The van der Waals surface area contributed by atoms with E-state index in [0.717, 1.165) is 19.5 Å². The van der Waals surface area contributed by atoms with Crippen LogP contribution in [-0.2, 0) is 4.79 Å². The number of para-hydroxylation sites is 1. The van der Waals surface area contributed by atoms with Crippen molar-refractivity contribution in [2.45, 2.75) is 12.8 Å². The molecule has 1 aliphatic rings. The minimum atomic E-state index is -0.0126. The van der Waals surface area contributed by atoms with E-state index in [-0.39, 0.29) is 5.91 Å². The van der Waals surface area contributed by atoms with Crippen LogP contribution in [0, 0.1) is 17.2 Å².